The normalized spacial score (nSPS) is 37.2. The van der Waals surface area contributed by atoms with E-state index in [1.807, 2.05) is 57.2 Å². The molecule has 1 aromatic carbocycles. The van der Waals surface area contributed by atoms with Gasteiger partial charge in [-0.3, -0.25) is 14.6 Å². The maximum absolute atomic E-state index is 14.1. The first-order valence-corrected chi connectivity index (χ1v) is 24.2. The Labute approximate surface area is 411 Å². The summed E-state index contributed by atoms with van der Waals surface area (Å²) in [7, 11) is 6.49. The highest BCUT2D eigenvalue weighted by Gasteiger charge is 2.48. The number of rotatable bonds is 10. The molecule has 18 heteroatoms. The zero-order chi connectivity index (χ0) is 50.5. The molecule has 4 aliphatic rings. The van der Waals surface area contributed by atoms with Crippen molar-refractivity contribution in [2.45, 2.75) is 127 Å². The summed E-state index contributed by atoms with van der Waals surface area (Å²) in [5.74, 6) is 3.42. The van der Waals surface area contributed by atoms with Crippen molar-refractivity contribution in [1.29, 1.82) is 0 Å². The predicted molar refractivity (Wildman–Crippen MR) is 257 cm³/mol. The summed E-state index contributed by atoms with van der Waals surface area (Å²) in [6.45, 7) is 9.12. The maximum atomic E-state index is 14.1. The van der Waals surface area contributed by atoms with Gasteiger partial charge < -0.3 is 67.7 Å². The molecule has 2 aromatic rings. The molecule has 3 N–H and O–H groups in total. The fraction of sp³-hybridized carbons (Fsp3) is 0.654. The number of cyclic esters (lactones) is 1. The number of carbonyl (C=O) groups is 2. The van der Waals surface area contributed by atoms with Gasteiger partial charge in [-0.05, 0) is 71.8 Å². The van der Waals surface area contributed by atoms with Crippen LogP contribution in [0.5, 0.6) is 0 Å². The smallest absolute Gasteiger partial charge is 0.308 e. The molecule has 5 heterocycles. The van der Waals surface area contributed by atoms with Crippen LogP contribution in [0.4, 0.5) is 0 Å². The molecular formula is C52H73N3O15. The number of methoxy groups -OCH3 is 2. The summed E-state index contributed by atoms with van der Waals surface area (Å²) in [5.41, 5.74) is 2.74. The Hall–Kier alpha value is -4.20. The number of aliphatic hydroxyl groups excluding tert-OH is 3. The van der Waals surface area contributed by atoms with Crippen LogP contribution in [0.15, 0.2) is 65.5 Å². The second-order valence-electron chi connectivity index (χ2n) is 19.1. The fourth-order valence-electron chi connectivity index (χ4n) is 9.54. The van der Waals surface area contributed by atoms with Crippen LogP contribution >= 0.6 is 0 Å². The van der Waals surface area contributed by atoms with Crippen molar-refractivity contribution in [1.82, 2.24) is 9.88 Å². The van der Waals surface area contributed by atoms with Crippen molar-refractivity contribution in [2.75, 3.05) is 68.0 Å². The molecule has 4 aliphatic heterocycles. The van der Waals surface area contributed by atoms with Gasteiger partial charge in [-0.25, -0.2) is 0 Å². The van der Waals surface area contributed by atoms with E-state index in [1.54, 1.807) is 51.2 Å². The Kier molecular flexibility index (Phi) is 20.9. The van der Waals surface area contributed by atoms with Gasteiger partial charge in [0.15, 0.2) is 25.0 Å². The van der Waals surface area contributed by atoms with E-state index < -0.39 is 97.3 Å². The van der Waals surface area contributed by atoms with E-state index in [2.05, 4.69) is 22.0 Å². The van der Waals surface area contributed by atoms with Crippen LogP contribution in [-0.2, 0) is 57.1 Å². The molecule has 0 amide bonds. The summed E-state index contributed by atoms with van der Waals surface area (Å²) in [5, 5.41) is 38.8. The van der Waals surface area contributed by atoms with Crippen molar-refractivity contribution >= 4 is 28.4 Å². The van der Waals surface area contributed by atoms with Gasteiger partial charge in [-0.15, -0.1) is 0 Å². The summed E-state index contributed by atoms with van der Waals surface area (Å²) >= 11 is 0. The highest BCUT2D eigenvalue weighted by Crippen LogP contribution is 2.36. The minimum absolute atomic E-state index is 0.0225. The van der Waals surface area contributed by atoms with Gasteiger partial charge in [-0.1, -0.05) is 66.8 Å². The molecule has 386 valence electrons. The lowest BCUT2D eigenvalue weighted by Crippen LogP contribution is -2.63. The van der Waals surface area contributed by atoms with Crippen molar-refractivity contribution in [2.24, 2.45) is 28.8 Å². The molecule has 1 aromatic heterocycles. The van der Waals surface area contributed by atoms with Gasteiger partial charge >= 0.3 is 5.97 Å². The lowest BCUT2D eigenvalue weighted by atomic mass is 9.79. The molecule has 0 saturated carbocycles. The van der Waals surface area contributed by atoms with Crippen LogP contribution < -0.4 is 0 Å². The zero-order valence-corrected chi connectivity index (χ0v) is 41.9. The van der Waals surface area contributed by atoms with E-state index in [0.717, 1.165) is 22.0 Å². The number of allylic oxidation sites excluding steroid dienone is 3. The number of para-hydroxylation sites is 1. The molecule has 2 bridgehead atoms. The molecule has 0 radical (unpaired) electrons. The summed E-state index contributed by atoms with van der Waals surface area (Å²) in [6.07, 6.45) is -2.32. The third-order valence-electron chi connectivity index (χ3n) is 13.5. The first-order valence-electron chi connectivity index (χ1n) is 24.2. The quantitative estimate of drug-likeness (QED) is 0.134. The number of nitrogens with zero attached hydrogens (tertiary/aromatic N) is 3. The SMILES string of the molecule is CO[C@@H]1[C@H](O)[C@@H](C)O[C@@H](OC[C@H]2/C=C(C)/C=C/C(=O)[C@H](C)CC3CCOC/C(=N\OCC#Cc4cnc5ccccc5c4)CO[C@H](CC(=O)OC2)[C@H](C)[C@H]3O[C@@H]2O[C@H](C)[C@@H](O)[C@H](N(C)C)[C@H]2O)[C@@H]1OC. The number of ketones is 1. The molecule has 16 atom stereocenters. The Balaban J connectivity index is 1.28. The number of aliphatic hydroxyl groups is 3. The van der Waals surface area contributed by atoms with Crippen LogP contribution in [0.2, 0.25) is 0 Å². The Morgan fingerprint density at radius 2 is 1.66 bits per heavy atom. The number of hydrogen-bond acceptors (Lipinski definition) is 18. The highest BCUT2D eigenvalue weighted by atomic mass is 16.7. The summed E-state index contributed by atoms with van der Waals surface area (Å²) in [6, 6.07) is 9.02. The van der Waals surface area contributed by atoms with Crippen molar-refractivity contribution in [3.8, 4) is 11.8 Å². The number of ether oxygens (including phenoxy) is 9. The van der Waals surface area contributed by atoms with Crippen LogP contribution in [0.3, 0.4) is 0 Å². The van der Waals surface area contributed by atoms with Gasteiger partial charge in [0, 0.05) is 55.7 Å². The van der Waals surface area contributed by atoms with E-state index in [4.69, 9.17) is 47.5 Å². The molecule has 0 spiro atoms. The molecule has 3 fully saturated rings. The monoisotopic (exact) mass is 980 g/mol. The molecule has 3 saturated heterocycles. The molecule has 6 rings (SSSR count). The van der Waals surface area contributed by atoms with E-state index in [1.165, 1.54) is 14.2 Å². The standard InChI is InChI=1S/C52H73N3O15/c1-30-16-17-41(56)31(2)22-38-18-20-63-28-39(54-67-19-12-13-35-23-37-14-10-11-15-40(37)53-25-35)29-64-42(32(3)48(38)70-51-47(60)44(55(6)7)45(58)33(4)68-51)24-43(57)65-26-36(21-30)27-66-52-50(62-9)49(61-8)46(59)34(5)69-52/h10-11,14-17,21,23,25,31-34,36,38,42,44-52,58-60H,18-20,22,24,26-29H2,1-9H3/b17-16+,30-21+,54-39+/t31-,32+,33-,34-,36+,38?,42-,44+,45-,46-,47-,48-,49-,50-,51+,52-/m1/s1. The van der Waals surface area contributed by atoms with Gasteiger partial charge in [-0.2, -0.15) is 0 Å². The predicted octanol–water partition coefficient (Wildman–Crippen LogP) is 3.61. The largest absolute Gasteiger partial charge is 0.465 e. The Bertz CT molecular complexity index is 2180. The third kappa shape index (κ3) is 14.7. The number of carbonyl (C=O) groups excluding carboxylic acids is 2. The average molecular weight is 980 g/mol. The van der Waals surface area contributed by atoms with Crippen LogP contribution in [0, 0.1) is 35.5 Å². The molecule has 0 aliphatic carbocycles. The Morgan fingerprint density at radius 3 is 2.41 bits per heavy atom. The number of likely N-dealkylation sites (N-methyl/N-ethyl adjacent to an activating group) is 1. The lowest BCUT2D eigenvalue weighted by molar-refractivity contribution is -0.305. The number of oxime groups is 1. The second-order valence-corrected chi connectivity index (χ2v) is 19.1. The minimum Gasteiger partial charge on any atom is -0.465 e. The lowest BCUT2D eigenvalue weighted by Gasteiger charge is -2.47. The fourth-order valence-corrected chi connectivity index (χ4v) is 9.54. The number of pyridine rings is 1. The Morgan fingerprint density at radius 1 is 0.914 bits per heavy atom. The number of fused-ring (bicyclic) bond motifs is 4. The number of aromatic nitrogens is 1. The highest BCUT2D eigenvalue weighted by molar-refractivity contribution is 5.91. The van der Waals surface area contributed by atoms with Gasteiger partial charge in [0.2, 0.25) is 0 Å². The summed E-state index contributed by atoms with van der Waals surface area (Å²) in [4.78, 5) is 39.9. The number of hydrogen-bond donors (Lipinski definition) is 3. The molecular weight excluding hydrogens is 907 g/mol. The van der Waals surface area contributed by atoms with Crippen molar-refractivity contribution < 1.29 is 72.4 Å². The first-order chi connectivity index (χ1) is 33.6. The minimum atomic E-state index is -1.26. The van der Waals surface area contributed by atoms with Crippen LogP contribution in [0.1, 0.15) is 59.4 Å². The summed E-state index contributed by atoms with van der Waals surface area (Å²) < 4.78 is 55.3. The maximum Gasteiger partial charge on any atom is 0.308 e. The molecule has 18 nitrogen and oxygen atoms in total. The van der Waals surface area contributed by atoms with Crippen molar-refractivity contribution in [3.63, 3.8) is 0 Å². The van der Waals surface area contributed by atoms with Gasteiger partial charge in [0.25, 0.3) is 0 Å². The number of esters is 1. The number of benzene rings is 1. The first kappa shape index (κ1) is 55.1. The molecule has 70 heavy (non-hydrogen) atoms. The van der Waals surface area contributed by atoms with Crippen LogP contribution in [-0.4, -0.2) is 184 Å². The van der Waals surface area contributed by atoms with E-state index in [-0.39, 0.29) is 57.8 Å². The van der Waals surface area contributed by atoms with Gasteiger partial charge in [0.1, 0.15) is 30.1 Å². The topological polar surface area (TPSA) is 216 Å². The van der Waals surface area contributed by atoms with Gasteiger partial charge in [0.05, 0.1) is 74.9 Å². The van der Waals surface area contributed by atoms with Crippen LogP contribution in [0.25, 0.3) is 10.9 Å². The third-order valence-corrected chi connectivity index (χ3v) is 13.5. The second kappa shape index (κ2) is 26.5. The van der Waals surface area contributed by atoms with E-state index in [9.17, 15) is 24.9 Å². The average Bonchev–Trinajstić information content (AvgIpc) is 3.36. The van der Waals surface area contributed by atoms with E-state index in [0.29, 0.717) is 18.6 Å². The molecule has 1 unspecified atom stereocenters. The van der Waals surface area contributed by atoms with Crippen molar-refractivity contribution in [3.05, 3.63) is 65.9 Å². The van der Waals surface area contributed by atoms with E-state index >= 15 is 0 Å². The zero-order valence-electron chi connectivity index (χ0n) is 41.9.